The van der Waals surface area contributed by atoms with E-state index in [0.29, 0.717) is 30.6 Å². The highest BCUT2D eigenvalue weighted by atomic mass is 16.5. The molecule has 1 aliphatic carbocycles. The van der Waals surface area contributed by atoms with E-state index in [2.05, 4.69) is 35.0 Å². The number of anilines is 1. The SMILES string of the molecule is CC(C)n1nc(-c2noc(C3CC3)c2C2=CCOCC2)c2c(N)ncnc21. The molecule has 4 heterocycles. The number of rotatable bonds is 4. The zero-order valence-electron chi connectivity index (χ0n) is 15.5. The lowest BCUT2D eigenvalue weighted by atomic mass is 9.96. The first-order chi connectivity index (χ1) is 13.1. The Labute approximate surface area is 156 Å². The minimum absolute atomic E-state index is 0.135. The highest BCUT2D eigenvalue weighted by Gasteiger charge is 2.35. The molecule has 1 aliphatic heterocycles. The molecular weight excluding hydrogens is 344 g/mol. The van der Waals surface area contributed by atoms with E-state index in [1.165, 1.54) is 11.9 Å². The van der Waals surface area contributed by atoms with Crippen molar-refractivity contribution in [3.05, 3.63) is 23.7 Å². The number of hydrogen-bond acceptors (Lipinski definition) is 7. The summed E-state index contributed by atoms with van der Waals surface area (Å²) in [5, 5.41) is 10.00. The van der Waals surface area contributed by atoms with Crippen LogP contribution in [0.25, 0.3) is 28.0 Å². The number of nitrogens with zero attached hydrogens (tertiary/aromatic N) is 5. The molecule has 0 amide bonds. The molecule has 8 nitrogen and oxygen atoms in total. The first kappa shape index (κ1) is 16.4. The molecule has 0 saturated heterocycles. The molecule has 5 rings (SSSR count). The maximum Gasteiger partial charge on any atom is 0.164 e. The van der Waals surface area contributed by atoms with Gasteiger partial charge in [0.25, 0.3) is 0 Å². The lowest BCUT2D eigenvalue weighted by Crippen LogP contribution is -2.06. The molecule has 2 aliphatic rings. The summed E-state index contributed by atoms with van der Waals surface area (Å²) >= 11 is 0. The van der Waals surface area contributed by atoms with Gasteiger partial charge < -0.3 is 15.0 Å². The predicted molar refractivity (Wildman–Crippen MR) is 101 cm³/mol. The van der Waals surface area contributed by atoms with Gasteiger partial charge in [-0.25, -0.2) is 14.6 Å². The minimum atomic E-state index is 0.135. The van der Waals surface area contributed by atoms with Crippen molar-refractivity contribution in [2.24, 2.45) is 0 Å². The van der Waals surface area contributed by atoms with Gasteiger partial charge in [0.15, 0.2) is 5.65 Å². The van der Waals surface area contributed by atoms with Gasteiger partial charge in [-0.05, 0) is 38.7 Å². The van der Waals surface area contributed by atoms with E-state index in [-0.39, 0.29) is 6.04 Å². The van der Waals surface area contributed by atoms with Crippen LogP contribution in [0.3, 0.4) is 0 Å². The molecule has 1 saturated carbocycles. The molecule has 0 bridgehead atoms. The van der Waals surface area contributed by atoms with Gasteiger partial charge in [-0.2, -0.15) is 5.10 Å². The highest BCUT2D eigenvalue weighted by Crippen LogP contribution is 2.47. The maximum absolute atomic E-state index is 6.22. The van der Waals surface area contributed by atoms with Crippen molar-refractivity contribution >= 4 is 22.4 Å². The van der Waals surface area contributed by atoms with Gasteiger partial charge in [0.05, 0.1) is 24.2 Å². The third-order valence-corrected chi connectivity index (χ3v) is 5.18. The molecule has 0 spiro atoms. The van der Waals surface area contributed by atoms with Gasteiger partial charge in [0.2, 0.25) is 0 Å². The van der Waals surface area contributed by atoms with Crippen molar-refractivity contribution in [1.29, 1.82) is 0 Å². The number of ether oxygens (including phenoxy) is 1. The van der Waals surface area contributed by atoms with E-state index in [1.807, 2.05) is 4.68 Å². The second kappa shape index (κ2) is 6.16. The maximum atomic E-state index is 6.22. The molecule has 2 N–H and O–H groups in total. The topological polar surface area (TPSA) is 105 Å². The average molecular weight is 366 g/mol. The summed E-state index contributed by atoms with van der Waals surface area (Å²) in [6.45, 7) is 5.44. The number of nitrogen functional groups attached to an aromatic ring is 1. The number of nitrogens with two attached hydrogens (primary N) is 1. The Morgan fingerprint density at radius 3 is 2.78 bits per heavy atom. The second-order valence-corrected chi connectivity index (χ2v) is 7.44. The minimum Gasteiger partial charge on any atom is -0.383 e. The zero-order valence-corrected chi connectivity index (χ0v) is 15.5. The van der Waals surface area contributed by atoms with Crippen molar-refractivity contribution in [3.63, 3.8) is 0 Å². The summed E-state index contributed by atoms with van der Waals surface area (Å²) < 4.78 is 13.2. The summed E-state index contributed by atoms with van der Waals surface area (Å²) in [4.78, 5) is 8.61. The van der Waals surface area contributed by atoms with Gasteiger partial charge >= 0.3 is 0 Å². The van der Waals surface area contributed by atoms with Crippen molar-refractivity contribution < 1.29 is 9.26 Å². The van der Waals surface area contributed by atoms with E-state index >= 15 is 0 Å². The van der Waals surface area contributed by atoms with Crippen LogP contribution in [-0.4, -0.2) is 38.1 Å². The molecule has 1 fully saturated rings. The predicted octanol–water partition coefficient (Wildman–Crippen LogP) is 3.33. The standard InChI is InChI=1S/C19H22N6O2/c1-10(2)25-19-14(18(20)21-9-22-19)15(23-25)16-13(11-5-7-26-8-6-11)17(27-24-16)12-3-4-12/h5,9-10,12H,3-4,6-8H2,1-2H3,(H2,20,21,22). The van der Waals surface area contributed by atoms with Crippen molar-refractivity contribution in [2.45, 2.75) is 45.1 Å². The van der Waals surface area contributed by atoms with Gasteiger partial charge in [-0.15, -0.1) is 0 Å². The summed E-state index contributed by atoms with van der Waals surface area (Å²) in [7, 11) is 0. The van der Waals surface area contributed by atoms with Gasteiger partial charge in [-0.1, -0.05) is 11.2 Å². The number of aromatic nitrogens is 5. The molecule has 0 aromatic carbocycles. The van der Waals surface area contributed by atoms with Crippen LogP contribution in [0.1, 0.15) is 56.4 Å². The average Bonchev–Trinajstić information content (AvgIpc) is 3.29. The summed E-state index contributed by atoms with van der Waals surface area (Å²) in [6.07, 6.45) is 6.70. The third-order valence-electron chi connectivity index (χ3n) is 5.18. The van der Waals surface area contributed by atoms with E-state index in [0.717, 1.165) is 47.3 Å². The highest BCUT2D eigenvalue weighted by molar-refractivity contribution is 5.99. The van der Waals surface area contributed by atoms with Crippen LogP contribution >= 0.6 is 0 Å². The van der Waals surface area contributed by atoms with Crippen LogP contribution < -0.4 is 5.73 Å². The fourth-order valence-corrected chi connectivity index (χ4v) is 3.67. The van der Waals surface area contributed by atoms with Gasteiger partial charge in [-0.3, -0.25) is 0 Å². The summed E-state index contributed by atoms with van der Waals surface area (Å²) in [5.74, 6) is 1.81. The largest absolute Gasteiger partial charge is 0.383 e. The number of fused-ring (bicyclic) bond motifs is 1. The third kappa shape index (κ3) is 2.63. The lowest BCUT2D eigenvalue weighted by molar-refractivity contribution is 0.161. The summed E-state index contributed by atoms with van der Waals surface area (Å²) in [5.41, 5.74) is 10.6. The Balaban J connectivity index is 1.77. The quantitative estimate of drug-likeness (QED) is 0.755. The molecule has 27 heavy (non-hydrogen) atoms. The fourth-order valence-electron chi connectivity index (χ4n) is 3.67. The Kier molecular flexibility index (Phi) is 3.75. The molecule has 3 aromatic rings. The van der Waals surface area contributed by atoms with Crippen molar-refractivity contribution in [1.82, 2.24) is 24.9 Å². The van der Waals surface area contributed by atoms with Crippen LogP contribution in [-0.2, 0) is 4.74 Å². The molecule has 140 valence electrons. The van der Waals surface area contributed by atoms with Crippen molar-refractivity contribution in [3.8, 4) is 11.4 Å². The lowest BCUT2D eigenvalue weighted by Gasteiger charge is -2.14. The second-order valence-electron chi connectivity index (χ2n) is 7.44. The molecule has 0 unspecified atom stereocenters. The van der Waals surface area contributed by atoms with Crippen molar-refractivity contribution in [2.75, 3.05) is 18.9 Å². The first-order valence-electron chi connectivity index (χ1n) is 9.41. The Bertz CT molecular complexity index is 1040. The monoisotopic (exact) mass is 366 g/mol. The Hall–Kier alpha value is -2.74. The van der Waals surface area contributed by atoms with Crippen LogP contribution in [0.15, 0.2) is 16.9 Å². The van der Waals surface area contributed by atoms with Crippen LogP contribution in [0, 0.1) is 0 Å². The Morgan fingerprint density at radius 2 is 2.07 bits per heavy atom. The molecule has 0 radical (unpaired) electrons. The van der Waals surface area contributed by atoms with Gasteiger partial charge in [0, 0.05) is 12.0 Å². The van der Waals surface area contributed by atoms with E-state index in [9.17, 15) is 0 Å². The number of hydrogen-bond donors (Lipinski definition) is 1. The van der Waals surface area contributed by atoms with E-state index in [1.54, 1.807) is 0 Å². The van der Waals surface area contributed by atoms with E-state index in [4.69, 9.17) is 20.1 Å². The van der Waals surface area contributed by atoms with Crippen LogP contribution in [0.2, 0.25) is 0 Å². The first-order valence-corrected chi connectivity index (χ1v) is 9.41. The zero-order chi connectivity index (χ0) is 18.5. The normalized spacial score (nSPS) is 17.7. The van der Waals surface area contributed by atoms with E-state index < -0.39 is 0 Å². The molecule has 0 atom stereocenters. The molecular formula is C19H22N6O2. The van der Waals surface area contributed by atoms with Gasteiger partial charge in [0.1, 0.15) is 29.3 Å². The fraction of sp³-hybridized carbons (Fsp3) is 0.474. The smallest absolute Gasteiger partial charge is 0.164 e. The molecule has 8 heteroatoms. The molecule has 3 aromatic heterocycles. The van der Waals surface area contributed by atoms with Crippen LogP contribution in [0.5, 0.6) is 0 Å². The summed E-state index contributed by atoms with van der Waals surface area (Å²) in [6, 6.07) is 0.135. The van der Waals surface area contributed by atoms with Crippen LogP contribution in [0.4, 0.5) is 5.82 Å². The Morgan fingerprint density at radius 1 is 1.22 bits per heavy atom.